The van der Waals surface area contributed by atoms with E-state index < -0.39 is 0 Å². The fourth-order valence-electron chi connectivity index (χ4n) is 2.18. The van der Waals surface area contributed by atoms with Crippen molar-refractivity contribution in [2.45, 2.75) is 20.4 Å². The van der Waals surface area contributed by atoms with Gasteiger partial charge in [0.25, 0.3) is 0 Å². The maximum absolute atomic E-state index is 5.88. The molecule has 0 atom stereocenters. The zero-order valence-electron chi connectivity index (χ0n) is 11.5. The van der Waals surface area contributed by atoms with Crippen LogP contribution in [-0.4, -0.2) is 9.97 Å². The summed E-state index contributed by atoms with van der Waals surface area (Å²) in [6.45, 7) is 4.77. The first kappa shape index (κ1) is 12.9. The number of anilines is 2. The fraction of sp³-hybridized carbons (Fsp3) is 0.200. The molecule has 102 valence electrons. The van der Waals surface area contributed by atoms with Crippen molar-refractivity contribution in [3.05, 3.63) is 46.0 Å². The summed E-state index contributed by atoms with van der Waals surface area (Å²) < 4.78 is 0. The fourth-order valence-corrected chi connectivity index (χ4v) is 2.90. The maximum Gasteiger partial charge on any atom is 0.112 e. The van der Waals surface area contributed by atoms with Crippen LogP contribution < -0.4 is 11.1 Å². The number of pyridine rings is 1. The maximum atomic E-state index is 5.88. The van der Waals surface area contributed by atoms with Crippen molar-refractivity contribution < 1.29 is 0 Å². The van der Waals surface area contributed by atoms with Crippen molar-refractivity contribution in [3.8, 4) is 0 Å². The summed E-state index contributed by atoms with van der Waals surface area (Å²) in [4.78, 5) is 10.1. The number of fused-ring (bicyclic) bond motifs is 1. The highest BCUT2D eigenvalue weighted by molar-refractivity contribution is 7.11. The van der Waals surface area contributed by atoms with Crippen molar-refractivity contribution in [1.29, 1.82) is 0 Å². The van der Waals surface area contributed by atoms with E-state index in [0.29, 0.717) is 6.54 Å². The first-order chi connectivity index (χ1) is 9.61. The molecule has 3 rings (SSSR count). The molecule has 3 aromatic rings. The molecule has 0 unspecified atom stereocenters. The van der Waals surface area contributed by atoms with Crippen LogP contribution in [0.4, 0.5) is 11.4 Å². The Hall–Kier alpha value is -2.14. The number of aromatic nitrogens is 2. The van der Waals surface area contributed by atoms with E-state index in [9.17, 15) is 0 Å². The lowest BCUT2D eigenvalue weighted by atomic mass is 10.1. The van der Waals surface area contributed by atoms with Gasteiger partial charge in [-0.2, -0.15) is 0 Å². The minimum absolute atomic E-state index is 0.714. The van der Waals surface area contributed by atoms with Gasteiger partial charge >= 0.3 is 0 Å². The Morgan fingerprint density at radius 2 is 2.10 bits per heavy atom. The van der Waals surface area contributed by atoms with Crippen LogP contribution in [0.2, 0.25) is 0 Å². The van der Waals surface area contributed by atoms with Gasteiger partial charge in [-0.15, -0.1) is 11.3 Å². The molecule has 20 heavy (non-hydrogen) atoms. The third kappa shape index (κ3) is 2.58. The van der Waals surface area contributed by atoms with E-state index in [1.54, 1.807) is 11.3 Å². The lowest BCUT2D eigenvalue weighted by molar-refractivity contribution is 1.10. The summed E-state index contributed by atoms with van der Waals surface area (Å²) in [5.41, 5.74) is 9.61. The molecule has 2 heterocycles. The molecule has 0 aliphatic rings. The molecule has 0 spiro atoms. The van der Waals surface area contributed by atoms with E-state index in [2.05, 4.69) is 22.2 Å². The molecule has 3 N–H and O–H groups in total. The number of thiazole rings is 1. The van der Waals surface area contributed by atoms with Gasteiger partial charge in [-0.25, -0.2) is 4.98 Å². The van der Waals surface area contributed by atoms with Crippen LogP contribution in [0.5, 0.6) is 0 Å². The second-order valence-electron chi connectivity index (χ2n) is 4.81. The number of benzene rings is 1. The Labute approximate surface area is 121 Å². The Bertz CT molecular complexity index is 764. The number of nitrogens with two attached hydrogens (primary N) is 1. The van der Waals surface area contributed by atoms with Crippen LogP contribution in [0, 0.1) is 13.8 Å². The highest BCUT2D eigenvalue weighted by Gasteiger charge is 2.06. The van der Waals surface area contributed by atoms with Crippen molar-refractivity contribution in [3.63, 3.8) is 0 Å². The predicted molar refractivity (Wildman–Crippen MR) is 85.1 cm³/mol. The van der Waals surface area contributed by atoms with Crippen LogP contribution in [0.15, 0.2) is 30.5 Å². The Kier molecular flexibility index (Phi) is 3.28. The summed E-state index contributed by atoms with van der Waals surface area (Å²) >= 11 is 1.71. The molecule has 0 bridgehead atoms. The third-order valence-electron chi connectivity index (χ3n) is 3.06. The molecular weight excluding hydrogens is 268 g/mol. The van der Waals surface area contributed by atoms with Gasteiger partial charge in [0.1, 0.15) is 5.01 Å². The van der Waals surface area contributed by atoms with Crippen LogP contribution in [0.3, 0.4) is 0 Å². The number of nitrogens with zero attached hydrogens (tertiary/aromatic N) is 2. The van der Waals surface area contributed by atoms with E-state index in [1.165, 1.54) is 4.88 Å². The van der Waals surface area contributed by atoms with Crippen LogP contribution in [0.1, 0.15) is 15.6 Å². The molecule has 0 radical (unpaired) electrons. The second kappa shape index (κ2) is 5.09. The first-order valence-electron chi connectivity index (χ1n) is 6.44. The number of hydrogen-bond donors (Lipinski definition) is 2. The average molecular weight is 284 g/mol. The van der Waals surface area contributed by atoms with Gasteiger partial charge in [-0.05, 0) is 38.1 Å². The van der Waals surface area contributed by atoms with Crippen molar-refractivity contribution >= 4 is 33.6 Å². The molecule has 0 aliphatic heterocycles. The van der Waals surface area contributed by atoms with Crippen LogP contribution in [0.25, 0.3) is 10.9 Å². The molecule has 0 saturated heterocycles. The van der Waals surface area contributed by atoms with Gasteiger partial charge in [0, 0.05) is 33.5 Å². The summed E-state index contributed by atoms with van der Waals surface area (Å²) in [6, 6.07) is 7.83. The van der Waals surface area contributed by atoms with E-state index in [1.807, 2.05) is 37.4 Å². The smallest absolute Gasteiger partial charge is 0.112 e. The zero-order chi connectivity index (χ0) is 14.1. The van der Waals surface area contributed by atoms with Crippen LogP contribution in [-0.2, 0) is 6.54 Å². The van der Waals surface area contributed by atoms with Crippen molar-refractivity contribution in [2.24, 2.45) is 0 Å². The van der Waals surface area contributed by atoms with Crippen molar-refractivity contribution in [2.75, 3.05) is 11.1 Å². The predicted octanol–water partition coefficient (Wildman–Crippen LogP) is 3.50. The summed E-state index contributed by atoms with van der Waals surface area (Å²) in [6.07, 6.45) is 1.90. The van der Waals surface area contributed by atoms with Gasteiger partial charge < -0.3 is 11.1 Å². The van der Waals surface area contributed by atoms with E-state index >= 15 is 0 Å². The zero-order valence-corrected chi connectivity index (χ0v) is 12.3. The van der Waals surface area contributed by atoms with Crippen molar-refractivity contribution in [1.82, 2.24) is 9.97 Å². The lowest BCUT2D eigenvalue weighted by Crippen LogP contribution is -2.01. The SMILES string of the molecule is Cc1cc(NCc2ncc(C)s2)c2cc(N)ccc2n1. The highest BCUT2D eigenvalue weighted by Crippen LogP contribution is 2.26. The molecule has 2 aromatic heterocycles. The van der Waals surface area contributed by atoms with Crippen LogP contribution >= 0.6 is 11.3 Å². The van der Waals surface area contributed by atoms with E-state index in [4.69, 9.17) is 5.73 Å². The molecule has 0 aliphatic carbocycles. The van der Waals surface area contributed by atoms with Gasteiger partial charge in [0.05, 0.1) is 12.1 Å². The second-order valence-corrected chi connectivity index (χ2v) is 6.13. The average Bonchev–Trinajstić information content (AvgIpc) is 2.82. The van der Waals surface area contributed by atoms with Gasteiger partial charge in [0.15, 0.2) is 0 Å². The molecule has 4 nitrogen and oxygen atoms in total. The monoisotopic (exact) mass is 284 g/mol. The normalized spacial score (nSPS) is 10.9. The third-order valence-corrected chi connectivity index (χ3v) is 3.97. The van der Waals surface area contributed by atoms with E-state index in [-0.39, 0.29) is 0 Å². The number of nitrogens with one attached hydrogen (secondary N) is 1. The quantitative estimate of drug-likeness (QED) is 0.722. The summed E-state index contributed by atoms with van der Waals surface area (Å²) in [5, 5.41) is 5.56. The summed E-state index contributed by atoms with van der Waals surface area (Å²) in [7, 11) is 0. The Morgan fingerprint density at radius 1 is 1.25 bits per heavy atom. The number of nitrogen functional groups attached to an aromatic ring is 1. The number of aryl methyl sites for hydroxylation is 2. The lowest BCUT2D eigenvalue weighted by Gasteiger charge is -2.10. The topological polar surface area (TPSA) is 63.8 Å². The molecule has 1 aromatic carbocycles. The summed E-state index contributed by atoms with van der Waals surface area (Å²) in [5.74, 6) is 0. The minimum Gasteiger partial charge on any atom is -0.399 e. The van der Waals surface area contributed by atoms with Gasteiger partial charge in [0.2, 0.25) is 0 Å². The minimum atomic E-state index is 0.714. The highest BCUT2D eigenvalue weighted by atomic mass is 32.1. The van der Waals surface area contributed by atoms with Gasteiger partial charge in [-0.3, -0.25) is 4.98 Å². The molecule has 0 fully saturated rings. The molecule has 0 saturated carbocycles. The first-order valence-corrected chi connectivity index (χ1v) is 7.25. The molecule has 5 heteroatoms. The Morgan fingerprint density at radius 3 is 2.85 bits per heavy atom. The van der Waals surface area contributed by atoms with E-state index in [0.717, 1.165) is 33.0 Å². The standard InChI is InChI=1S/C15H16N4S/c1-9-5-14(17-8-15-18-7-10(2)20-15)12-6-11(16)3-4-13(12)19-9/h3-7H,8,16H2,1-2H3,(H,17,19). The number of rotatable bonds is 3. The molecule has 0 amide bonds. The molecular formula is C15H16N4S. The Balaban J connectivity index is 1.95. The number of hydrogen-bond acceptors (Lipinski definition) is 5. The van der Waals surface area contributed by atoms with Gasteiger partial charge in [-0.1, -0.05) is 0 Å². The largest absolute Gasteiger partial charge is 0.399 e.